The second kappa shape index (κ2) is 3.04. The molecule has 17 heavy (non-hydrogen) atoms. The van der Waals surface area contributed by atoms with E-state index in [1.54, 1.807) is 24.3 Å². The highest BCUT2D eigenvalue weighted by atomic mass is 16.5. The molecular weight excluding hydrogens is 220 g/mol. The first kappa shape index (κ1) is 9.77. The quantitative estimate of drug-likeness (QED) is 0.455. The van der Waals surface area contributed by atoms with E-state index < -0.39 is 0 Å². The maximum atomic E-state index is 12.2. The molecule has 1 aliphatic rings. The fraction of sp³-hybridized carbons (Fsp3) is 0.0833. The summed E-state index contributed by atoms with van der Waals surface area (Å²) in [5.41, 5.74) is 1.19. The summed E-state index contributed by atoms with van der Waals surface area (Å²) < 4.78 is 0. The van der Waals surface area contributed by atoms with Gasteiger partial charge in [-0.2, -0.15) is 0 Å². The van der Waals surface area contributed by atoms with Crippen molar-refractivity contribution in [1.82, 2.24) is 5.10 Å². The lowest BCUT2D eigenvalue weighted by molar-refractivity contribution is -0.670. The fourth-order valence-corrected chi connectivity index (χ4v) is 2.11. The number of ketones is 2. The van der Waals surface area contributed by atoms with Crippen LogP contribution in [0.15, 0.2) is 24.3 Å². The number of nitrogens with one attached hydrogen (secondary N) is 1. The van der Waals surface area contributed by atoms with Gasteiger partial charge in [0.1, 0.15) is 5.56 Å². The second-order valence-electron chi connectivity index (χ2n) is 3.95. The van der Waals surface area contributed by atoms with Crippen molar-refractivity contribution in [2.45, 2.75) is 6.92 Å². The van der Waals surface area contributed by atoms with Crippen LogP contribution in [0.1, 0.15) is 37.7 Å². The van der Waals surface area contributed by atoms with Gasteiger partial charge in [0.25, 0.3) is 0 Å². The molecule has 0 aliphatic heterocycles. The molecule has 5 heteroatoms. The zero-order chi connectivity index (χ0) is 12.2. The Morgan fingerprint density at radius 2 is 1.71 bits per heavy atom. The van der Waals surface area contributed by atoms with Crippen molar-refractivity contribution in [3.05, 3.63) is 57.6 Å². The third-order valence-corrected chi connectivity index (χ3v) is 3.00. The van der Waals surface area contributed by atoms with E-state index in [1.807, 2.05) is 0 Å². The smallest absolute Gasteiger partial charge is 0.229 e. The van der Waals surface area contributed by atoms with E-state index in [4.69, 9.17) is 0 Å². The number of fused-ring (bicyclic) bond motifs is 2. The first-order valence-corrected chi connectivity index (χ1v) is 5.12. The predicted molar refractivity (Wildman–Crippen MR) is 57.8 cm³/mol. The molecule has 0 spiro atoms. The van der Waals surface area contributed by atoms with Gasteiger partial charge in [0.15, 0.2) is 5.69 Å². The van der Waals surface area contributed by atoms with Gasteiger partial charge >= 0.3 is 0 Å². The van der Waals surface area contributed by atoms with Crippen molar-refractivity contribution in [2.24, 2.45) is 0 Å². The summed E-state index contributed by atoms with van der Waals surface area (Å²) in [6.45, 7) is 1.52. The Balaban J connectivity index is 2.37. The van der Waals surface area contributed by atoms with Crippen LogP contribution < -0.4 is 4.85 Å². The van der Waals surface area contributed by atoms with Crippen LogP contribution in [0.2, 0.25) is 0 Å². The normalized spacial score (nSPS) is 13.5. The number of nitrogens with zero attached hydrogens (tertiary/aromatic N) is 1. The molecule has 1 aromatic heterocycles. The first-order chi connectivity index (χ1) is 8.11. The number of rotatable bonds is 0. The van der Waals surface area contributed by atoms with E-state index in [9.17, 15) is 14.8 Å². The molecule has 1 N–H and O–H groups in total. The summed E-state index contributed by atoms with van der Waals surface area (Å²) in [7, 11) is 0. The largest absolute Gasteiger partial charge is 0.596 e. The van der Waals surface area contributed by atoms with Crippen molar-refractivity contribution >= 4 is 11.6 Å². The molecule has 1 aliphatic carbocycles. The minimum Gasteiger partial charge on any atom is -0.596 e. The van der Waals surface area contributed by atoms with Crippen molar-refractivity contribution in [3.63, 3.8) is 0 Å². The maximum Gasteiger partial charge on any atom is 0.229 e. The third kappa shape index (κ3) is 1.10. The van der Waals surface area contributed by atoms with E-state index in [0.717, 1.165) is 0 Å². The molecule has 0 bridgehead atoms. The third-order valence-electron chi connectivity index (χ3n) is 3.00. The first-order valence-electron chi connectivity index (χ1n) is 5.12. The van der Waals surface area contributed by atoms with Gasteiger partial charge in [-0.25, -0.2) is 0 Å². The SMILES string of the molecule is Cc1c2c([nH][n+]1[O-])C(=O)c1ccccc1C2=O. The Morgan fingerprint density at radius 3 is 2.35 bits per heavy atom. The molecule has 0 unspecified atom stereocenters. The summed E-state index contributed by atoms with van der Waals surface area (Å²) in [6.07, 6.45) is 0. The van der Waals surface area contributed by atoms with Crippen LogP contribution in [0, 0.1) is 12.1 Å². The Bertz CT molecular complexity index is 670. The summed E-state index contributed by atoms with van der Waals surface area (Å²) >= 11 is 0. The van der Waals surface area contributed by atoms with E-state index in [2.05, 4.69) is 5.10 Å². The number of aromatic nitrogens is 2. The highest BCUT2D eigenvalue weighted by Crippen LogP contribution is 2.26. The lowest BCUT2D eigenvalue weighted by Gasteiger charge is -2.11. The topological polar surface area (TPSA) is 76.9 Å². The van der Waals surface area contributed by atoms with Gasteiger partial charge in [0.2, 0.25) is 17.3 Å². The Labute approximate surface area is 96.3 Å². The van der Waals surface area contributed by atoms with E-state index in [0.29, 0.717) is 16.0 Å². The Hall–Kier alpha value is -2.43. The standard InChI is InChI=1S/C12H8N2O3/c1-6-9-10(13-14(6)17)12(16)8-5-3-2-4-7(8)11(9)15/h2-5,13H,1H3. The van der Waals surface area contributed by atoms with E-state index in [1.165, 1.54) is 6.92 Å². The van der Waals surface area contributed by atoms with Crippen LogP contribution in [-0.2, 0) is 0 Å². The van der Waals surface area contributed by atoms with E-state index >= 15 is 0 Å². The number of hydrogen-bond donors (Lipinski definition) is 1. The van der Waals surface area contributed by atoms with Gasteiger partial charge in [0.05, 0.1) is 0 Å². The Morgan fingerprint density at radius 1 is 1.12 bits per heavy atom. The maximum absolute atomic E-state index is 12.2. The summed E-state index contributed by atoms with van der Waals surface area (Å²) in [5.74, 6) is -0.591. The van der Waals surface area contributed by atoms with Crippen LogP contribution >= 0.6 is 0 Å². The van der Waals surface area contributed by atoms with Crippen LogP contribution in [0.5, 0.6) is 0 Å². The zero-order valence-electron chi connectivity index (χ0n) is 8.98. The minimum absolute atomic E-state index is 0.0844. The van der Waals surface area contributed by atoms with Gasteiger partial charge in [-0.1, -0.05) is 29.1 Å². The van der Waals surface area contributed by atoms with Gasteiger partial charge in [-0.15, -0.1) is 5.10 Å². The molecule has 1 heterocycles. The second-order valence-corrected chi connectivity index (χ2v) is 3.95. The van der Waals surface area contributed by atoms with Crippen LogP contribution in [-0.4, -0.2) is 16.7 Å². The fourth-order valence-electron chi connectivity index (χ4n) is 2.11. The Kier molecular flexibility index (Phi) is 1.75. The molecule has 2 aromatic rings. The molecule has 84 valence electrons. The average molecular weight is 228 g/mol. The minimum atomic E-state index is -0.312. The number of carbonyl (C=O) groups is 2. The molecule has 3 rings (SSSR count). The molecule has 5 nitrogen and oxygen atoms in total. The average Bonchev–Trinajstić information content (AvgIpc) is 2.64. The molecule has 0 saturated heterocycles. The zero-order valence-corrected chi connectivity index (χ0v) is 8.98. The predicted octanol–water partition coefficient (Wildman–Crippen LogP) is 0.732. The van der Waals surface area contributed by atoms with Crippen LogP contribution in [0.25, 0.3) is 0 Å². The van der Waals surface area contributed by atoms with Gasteiger partial charge in [-0.05, 0) is 0 Å². The molecular formula is C12H8N2O3. The van der Waals surface area contributed by atoms with Gasteiger partial charge in [0, 0.05) is 18.1 Å². The van der Waals surface area contributed by atoms with E-state index in [-0.39, 0.29) is 28.5 Å². The van der Waals surface area contributed by atoms with Crippen molar-refractivity contribution < 1.29 is 14.4 Å². The summed E-state index contributed by atoms with van der Waals surface area (Å²) in [6, 6.07) is 6.57. The molecule has 0 amide bonds. The van der Waals surface area contributed by atoms with Crippen molar-refractivity contribution in [1.29, 1.82) is 0 Å². The number of hydrogen-bond acceptors (Lipinski definition) is 3. The molecule has 0 radical (unpaired) electrons. The highest BCUT2D eigenvalue weighted by Gasteiger charge is 2.36. The lowest BCUT2D eigenvalue weighted by atomic mass is 9.87. The number of benzene rings is 1. The summed E-state index contributed by atoms with van der Waals surface area (Å²) in [4.78, 5) is 24.7. The molecule has 0 saturated carbocycles. The summed E-state index contributed by atoms with van der Waals surface area (Å²) in [5, 5.41) is 13.8. The molecule has 1 aromatic carbocycles. The lowest BCUT2D eigenvalue weighted by Crippen LogP contribution is -2.31. The van der Waals surface area contributed by atoms with Crippen LogP contribution in [0.3, 0.4) is 0 Å². The highest BCUT2D eigenvalue weighted by molar-refractivity contribution is 6.27. The van der Waals surface area contributed by atoms with Crippen LogP contribution in [0.4, 0.5) is 0 Å². The number of H-pyrrole nitrogens is 1. The molecule has 0 atom stereocenters. The monoisotopic (exact) mass is 228 g/mol. The number of carbonyl (C=O) groups excluding carboxylic acids is 2. The van der Waals surface area contributed by atoms with Gasteiger partial charge < -0.3 is 5.21 Å². The van der Waals surface area contributed by atoms with Crippen molar-refractivity contribution in [3.8, 4) is 0 Å². The number of aromatic amines is 1. The molecule has 0 fully saturated rings. The van der Waals surface area contributed by atoms with Crippen molar-refractivity contribution in [2.75, 3.05) is 0 Å². The van der Waals surface area contributed by atoms with Gasteiger partial charge in [-0.3, -0.25) is 9.59 Å².